The highest BCUT2D eigenvalue weighted by Crippen LogP contribution is 2.26. The number of fused-ring (bicyclic) bond motifs is 1. The minimum absolute atomic E-state index is 0.125. The Morgan fingerprint density at radius 2 is 1.91 bits per heavy atom. The van der Waals surface area contributed by atoms with Gasteiger partial charge in [-0.05, 0) is 67.5 Å². The number of nitrogens with one attached hydrogen (secondary N) is 1. The van der Waals surface area contributed by atoms with Crippen LogP contribution < -0.4 is 11.1 Å². The lowest BCUT2D eigenvalue weighted by Crippen LogP contribution is -2.31. The molecular formula is C28H29N3O3. The number of hydrogen-bond acceptors (Lipinski definition) is 5. The molecule has 3 aromatic rings. The third-order valence-electron chi connectivity index (χ3n) is 6.17. The summed E-state index contributed by atoms with van der Waals surface area (Å²) in [6.07, 6.45) is 8.82. The molecule has 0 saturated heterocycles. The van der Waals surface area contributed by atoms with E-state index >= 15 is 0 Å². The van der Waals surface area contributed by atoms with Gasteiger partial charge in [-0.2, -0.15) is 0 Å². The van der Waals surface area contributed by atoms with Crippen molar-refractivity contribution in [3.05, 3.63) is 94.8 Å². The van der Waals surface area contributed by atoms with Gasteiger partial charge in [-0.25, -0.2) is 4.79 Å². The van der Waals surface area contributed by atoms with Gasteiger partial charge < -0.3 is 15.8 Å². The number of pyridine rings is 1. The maximum atomic E-state index is 13.0. The van der Waals surface area contributed by atoms with Crippen LogP contribution in [0.2, 0.25) is 0 Å². The number of amides is 1. The first-order valence-electron chi connectivity index (χ1n) is 11.4. The zero-order valence-electron chi connectivity index (χ0n) is 19.5. The molecule has 0 spiro atoms. The number of ether oxygens (including phenoxy) is 1. The first-order valence-corrected chi connectivity index (χ1v) is 11.4. The van der Waals surface area contributed by atoms with Gasteiger partial charge in [-0.1, -0.05) is 41.5 Å². The van der Waals surface area contributed by atoms with Crippen LogP contribution in [0.5, 0.6) is 0 Å². The molecule has 1 amide bonds. The fourth-order valence-corrected chi connectivity index (χ4v) is 4.20. The molecule has 0 unspecified atom stereocenters. The number of aryl methyl sites for hydroxylation is 2. The van der Waals surface area contributed by atoms with Crippen molar-refractivity contribution in [2.75, 3.05) is 18.5 Å². The second-order valence-corrected chi connectivity index (χ2v) is 8.68. The van der Waals surface area contributed by atoms with Crippen molar-refractivity contribution in [2.24, 2.45) is 11.7 Å². The minimum atomic E-state index is -0.413. The number of anilines is 1. The first kappa shape index (κ1) is 23.4. The summed E-state index contributed by atoms with van der Waals surface area (Å²) >= 11 is 0. The van der Waals surface area contributed by atoms with Crippen LogP contribution >= 0.6 is 0 Å². The number of carbonyl (C=O) groups excluding carboxylic acids is 2. The molecule has 0 fully saturated rings. The van der Waals surface area contributed by atoms with Crippen LogP contribution in [-0.4, -0.2) is 30.0 Å². The third-order valence-corrected chi connectivity index (χ3v) is 6.17. The number of esters is 1. The standard InChI is InChI=1S/C28H29N3O3/c1-18-3-10-25(19(2)13-18)28(33)34-17-20-4-6-21(7-5-20)26(15-29)27(32)31-24-9-8-23-16-30-12-11-22(23)14-24/h3-4,6,8-14,16,26H,5,7,15,17,29H2,1-2H3,(H,31,32)/t26-/m1/s1. The lowest BCUT2D eigenvalue weighted by molar-refractivity contribution is -0.118. The van der Waals surface area contributed by atoms with Crippen LogP contribution in [0.4, 0.5) is 5.69 Å². The van der Waals surface area contributed by atoms with Gasteiger partial charge in [0.2, 0.25) is 5.91 Å². The number of aromatic nitrogens is 1. The molecule has 34 heavy (non-hydrogen) atoms. The summed E-state index contributed by atoms with van der Waals surface area (Å²) in [6.45, 7) is 4.36. The Labute approximate surface area is 199 Å². The molecule has 6 heteroatoms. The van der Waals surface area contributed by atoms with E-state index in [1.54, 1.807) is 18.5 Å². The molecule has 2 aromatic carbocycles. The van der Waals surface area contributed by atoms with Crippen molar-refractivity contribution >= 4 is 28.3 Å². The molecule has 6 nitrogen and oxygen atoms in total. The fraction of sp³-hybridized carbons (Fsp3) is 0.250. The number of rotatable bonds is 7. The first-order chi connectivity index (χ1) is 16.4. The van der Waals surface area contributed by atoms with Crippen LogP contribution in [-0.2, 0) is 9.53 Å². The number of hydrogen-bond donors (Lipinski definition) is 2. The van der Waals surface area contributed by atoms with E-state index in [9.17, 15) is 9.59 Å². The second kappa shape index (κ2) is 10.4. The molecule has 1 aliphatic rings. The van der Waals surface area contributed by atoms with Gasteiger partial charge in [0.15, 0.2) is 0 Å². The van der Waals surface area contributed by atoms with E-state index in [1.165, 1.54) is 0 Å². The average molecular weight is 456 g/mol. The number of benzene rings is 2. The predicted octanol–water partition coefficient (Wildman–Crippen LogP) is 4.87. The minimum Gasteiger partial charge on any atom is -0.458 e. The largest absolute Gasteiger partial charge is 0.458 e. The quantitative estimate of drug-likeness (QED) is 0.496. The van der Waals surface area contributed by atoms with Crippen molar-refractivity contribution in [1.82, 2.24) is 4.98 Å². The Balaban J connectivity index is 1.38. The van der Waals surface area contributed by atoms with Crippen LogP contribution in [0.15, 0.2) is 78.2 Å². The Hall–Kier alpha value is -3.77. The van der Waals surface area contributed by atoms with Crippen molar-refractivity contribution in [2.45, 2.75) is 26.7 Å². The summed E-state index contributed by atoms with van der Waals surface area (Å²) in [7, 11) is 0. The van der Waals surface area contributed by atoms with Crippen molar-refractivity contribution in [3.8, 4) is 0 Å². The molecular weight excluding hydrogens is 426 g/mol. The van der Waals surface area contributed by atoms with Crippen molar-refractivity contribution in [3.63, 3.8) is 0 Å². The maximum Gasteiger partial charge on any atom is 0.338 e. The van der Waals surface area contributed by atoms with E-state index in [2.05, 4.69) is 10.3 Å². The Morgan fingerprint density at radius 3 is 2.65 bits per heavy atom. The monoisotopic (exact) mass is 455 g/mol. The molecule has 0 bridgehead atoms. The van der Waals surface area contributed by atoms with Gasteiger partial charge in [0.1, 0.15) is 6.61 Å². The lowest BCUT2D eigenvalue weighted by atomic mass is 9.88. The van der Waals surface area contributed by atoms with Gasteiger partial charge in [-0.15, -0.1) is 0 Å². The normalized spacial score (nSPS) is 14.2. The summed E-state index contributed by atoms with van der Waals surface area (Å²) in [5, 5.41) is 5.02. The Morgan fingerprint density at radius 1 is 1.06 bits per heavy atom. The SMILES string of the molecule is Cc1ccc(C(=O)OCC2=CC=C([C@@H](CN)C(=O)Nc3ccc4cnccc4c3)CC2)c(C)c1. The summed E-state index contributed by atoms with van der Waals surface area (Å²) in [6, 6.07) is 13.3. The van der Waals surface area contributed by atoms with Crippen LogP contribution in [0, 0.1) is 19.8 Å². The molecule has 3 N–H and O–H groups in total. The highest BCUT2D eigenvalue weighted by molar-refractivity contribution is 5.97. The third kappa shape index (κ3) is 5.41. The molecule has 0 saturated carbocycles. The van der Waals surface area contributed by atoms with Crippen LogP contribution in [0.25, 0.3) is 10.8 Å². The van der Waals surface area contributed by atoms with E-state index in [1.807, 2.05) is 62.4 Å². The Kier molecular flexibility index (Phi) is 7.18. The van der Waals surface area contributed by atoms with Gasteiger partial charge in [0.25, 0.3) is 0 Å². The molecule has 0 radical (unpaired) electrons. The molecule has 174 valence electrons. The average Bonchev–Trinajstić information content (AvgIpc) is 2.83. The molecule has 1 aromatic heterocycles. The number of nitrogens with two attached hydrogens (primary N) is 1. The van der Waals surface area contributed by atoms with Gasteiger partial charge in [0, 0.05) is 30.0 Å². The summed E-state index contributed by atoms with van der Waals surface area (Å²) in [5.41, 5.74) is 11.3. The zero-order chi connectivity index (χ0) is 24.1. The summed E-state index contributed by atoms with van der Waals surface area (Å²) in [4.78, 5) is 29.5. The predicted molar refractivity (Wildman–Crippen MR) is 135 cm³/mol. The van der Waals surface area contributed by atoms with Crippen molar-refractivity contribution < 1.29 is 14.3 Å². The van der Waals surface area contributed by atoms with Gasteiger partial charge in [0.05, 0.1) is 11.5 Å². The van der Waals surface area contributed by atoms with Crippen LogP contribution in [0.1, 0.15) is 34.3 Å². The second-order valence-electron chi connectivity index (χ2n) is 8.68. The smallest absolute Gasteiger partial charge is 0.338 e. The number of allylic oxidation sites excluding steroid dienone is 2. The van der Waals surface area contributed by atoms with E-state index in [0.29, 0.717) is 12.0 Å². The maximum absolute atomic E-state index is 13.0. The fourth-order valence-electron chi connectivity index (χ4n) is 4.20. The number of carbonyl (C=O) groups is 2. The van der Waals surface area contributed by atoms with Gasteiger partial charge >= 0.3 is 5.97 Å². The van der Waals surface area contributed by atoms with E-state index in [0.717, 1.165) is 45.2 Å². The molecule has 1 aliphatic carbocycles. The van der Waals surface area contributed by atoms with E-state index in [4.69, 9.17) is 10.5 Å². The highest BCUT2D eigenvalue weighted by Gasteiger charge is 2.23. The molecule has 4 rings (SSSR count). The van der Waals surface area contributed by atoms with Crippen molar-refractivity contribution in [1.29, 1.82) is 0 Å². The van der Waals surface area contributed by atoms with E-state index in [-0.39, 0.29) is 25.0 Å². The summed E-state index contributed by atoms with van der Waals surface area (Å²) in [5.74, 6) is -0.859. The molecule has 1 atom stereocenters. The lowest BCUT2D eigenvalue weighted by Gasteiger charge is -2.22. The number of nitrogens with zero attached hydrogens (tertiary/aromatic N) is 1. The molecule has 1 heterocycles. The summed E-state index contributed by atoms with van der Waals surface area (Å²) < 4.78 is 5.53. The topological polar surface area (TPSA) is 94.3 Å². The zero-order valence-corrected chi connectivity index (χ0v) is 19.5. The molecule has 0 aliphatic heterocycles. The van der Waals surface area contributed by atoms with E-state index < -0.39 is 5.92 Å². The Bertz CT molecular complexity index is 1290. The van der Waals surface area contributed by atoms with Gasteiger partial charge in [-0.3, -0.25) is 9.78 Å². The highest BCUT2D eigenvalue weighted by atomic mass is 16.5. The van der Waals surface area contributed by atoms with Crippen LogP contribution in [0.3, 0.4) is 0 Å².